The van der Waals surface area contributed by atoms with Crippen LogP contribution in [-0.4, -0.2) is 5.78 Å². The molecule has 0 aromatic carbocycles. The van der Waals surface area contributed by atoms with Crippen molar-refractivity contribution in [1.29, 1.82) is 0 Å². The summed E-state index contributed by atoms with van der Waals surface area (Å²) in [5.41, 5.74) is 0.102. The maximum absolute atomic E-state index is 11.9. The molecule has 1 aliphatic rings. The molecule has 14 heavy (non-hydrogen) atoms. The molecule has 0 aromatic rings. The molecular formula is C13H20O. The van der Waals surface area contributed by atoms with E-state index in [-0.39, 0.29) is 17.1 Å². The molecule has 0 aromatic heterocycles. The summed E-state index contributed by atoms with van der Waals surface area (Å²) in [6, 6.07) is 0. The zero-order valence-electron chi connectivity index (χ0n) is 9.58. The summed E-state index contributed by atoms with van der Waals surface area (Å²) in [5.74, 6) is 0.778. The largest absolute Gasteiger partial charge is 0.295 e. The van der Waals surface area contributed by atoms with E-state index in [0.717, 1.165) is 6.42 Å². The van der Waals surface area contributed by atoms with Gasteiger partial charge in [0, 0.05) is 5.92 Å². The van der Waals surface area contributed by atoms with Gasteiger partial charge in [0.05, 0.1) is 0 Å². The number of ketones is 1. The molecule has 0 N–H and O–H groups in total. The van der Waals surface area contributed by atoms with Crippen molar-refractivity contribution in [2.24, 2.45) is 17.3 Å². The third-order valence-corrected chi connectivity index (χ3v) is 3.09. The van der Waals surface area contributed by atoms with Crippen LogP contribution in [0.25, 0.3) is 0 Å². The van der Waals surface area contributed by atoms with E-state index < -0.39 is 0 Å². The monoisotopic (exact) mass is 192 g/mol. The van der Waals surface area contributed by atoms with Crippen LogP contribution >= 0.6 is 0 Å². The molecule has 0 fully saturated rings. The van der Waals surface area contributed by atoms with Crippen molar-refractivity contribution in [3.63, 3.8) is 0 Å². The SMILES string of the molecule is C/C=C/C(=O)[C@@H]1C(C)C=CCC1(C)C. The molecule has 2 atom stereocenters. The van der Waals surface area contributed by atoms with Crippen LogP contribution in [0.3, 0.4) is 0 Å². The fourth-order valence-corrected chi connectivity index (χ4v) is 2.45. The van der Waals surface area contributed by atoms with E-state index in [4.69, 9.17) is 0 Å². The highest BCUT2D eigenvalue weighted by atomic mass is 16.1. The van der Waals surface area contributed by atoms with E-state index in [9.17, 15) is 4.79 Å². The molecule has 1 rings (SSSR count). The Labute approximate surface area is 86.9 Å². The fourth-order valence-electron chi connectivity index (χ4n) is 2.45. The first-order chi connectivity index (χ1) is 6.49. The van der Waals surface area contributed by atoms with E-state index in [0.29, 0.717) is 5.92 Å². The van der Waals surface area contributed by atoms with Gasteiger partial charge in [0.2, 0.25) is 0 Å². The average Bonchev–Trinajstić information content (AvgIpc) is 2.02. The lowest BCUT2D eigenvalue weighted by Gasteiger charge is -2.38. The van der Waals surface area contributed by atoms with Crippen molar-refractivity contribution in [1.82, 2.24) is 0 Å². The molecule has 78 valence electrons. The Bertz CT molecular complexity index is 271. The number of hydrogen-bond acceptors (Lipinski definition) is 1. The van der Waals surface area contributed by atoms with Gasteiger partial charge in [-0.05, 0) is 30.8 Å². The number of rotatable bonds is 2. The fraction of sp³-hybridized carbons (Fsp3) is 0.615. The lowest BCUT2D eigenvalue weighted by molar-refractivity contribution is -0.123. The topological polar surface area (TPSA) is 17.1 Å². The first-order valence-electron chi connectivity index (χ1n) is 5.32. The smallest absolute Gasteiger partial charge is 0.159 e. The van der Waals surface area contributed by atoms with Gasteiger partial charge in [0.25, 0.3) is 0 Å². The number of carbonyl (C=O) groups excluding carboxylic acids is 1. The van der Waals surface area contributed by atoms with Crippen LogP contribution in [-0.2, 0) is 4.79 Å². The van der Waals surface area contributed by atoms with Crippen molar-refractivity contribution in [3.05, 3.63) is 24.3 Å². The molecule has 0 saturated carbocycles. The van der Waals surface area contributed by atoms with Crippen molar-refractivity contribution in [2.45, 2.75) is 34.1 Å². The van der Waals surface area contributed by atoms with E-state index in [2.05, 4.69) is 32.9 Å². The predicted octanol–water partition coefficient (Wildman–Crippen LogP) is 3.37. The van der Waals surface area contributed by atoms with Crippen LogP contribution in [0.1, 0.15) is 34.1 Å². The van der Waals surface area contributed by atoms with E-state index in [1.165, 1.54) is 0 Å². The molecule has 0 aliphatic heterocycles. The predicted molar refractivity (Wildman–Crippen MR) is 60.0 cm³/mol. The Kier molecular flexibility index (Phi) is 3.30. The zero-order valence-corrected chi connectivity index (χ0v) is 9.58. The standard InChI is InChI=1S/C13H20O/c1-5-7-11(14)12-10(2)8-6-9-13(12,3)4/h5-8,10,12H,9H2,1-4H3/b7-5+/t10?,12-/m0/s1. The summed E-state index contributed by atoms with van der Waals surface area (Å²) in [7, 11) is 0. The minimum Gasteiger partial charge on any atom is -0.295 e. The van der Waals surface area contributed by atoms with Crippen molar-refractivity contribution >= 4 is 5.78 Å². The van der Waals surface area contributed by atoms with E-state index >= 15 is 0 Å². The number of carbonyl (C=O) groups is 1. The van der Waals surface area contributed by atoms with Gasteiger partial charge in [-0.1, -0.05) is 39.0 Å². The first kappa shape index (κ1) is 11.2. The molecule has 0 amide bonds. The zero-order chi connectivity index (χ0) is 10.8. The quantitative estimate of drug-likeness (QED) is 0.484. The molecule has 0 saturated heterocycles. The Balaban J connectivity index is 2.93. The van der Waals surface area contributed by atoms with Crippen LogP contribution in [0.2, 0.25) is 0 Å². The van der Waals surface area contributed by atoms with Gasteiger partial charge in [0.1, 0.15) is 0 Å². The maximum atomic E-state index is 11.9. The molecule has 1 heteroatoms. The van der Waals surface area contributed by atoms with Crippen LogP contribution < -0.4 is 0 Å². The Hall–Kier alpha value is -0.850. The molecule has 0 heterocycles. The molecule has 1 nitrogen and oxygen atoms in total. The second-order valence-corrected chi connectivity index (χ2v) is 4.86. The van der Waals surface area contributed by atoms with Gasteiger partial charge in [-0.25, -0.2) is 0 Å². The second kappa shape index (κ2) is 4.12. The van der Waals surface area contributed by atoms with Crippen LogP contribution in [0, 0.1) is 17.3 Å². The van der Waals surface area contributed by atoms with Gasteiger partial charge in [0.15, 0.2) is 5.78 Å². The van der Waals surface area contributed by atoms with Crippen LogP contribution in [0.15, 0.2) is 24.3 Å². The van der Waals surface area contributed by atoms with Gasteiger partial charge < -0.3 is 0 Å². The number of hydrogen-bond donors (Lipinski definition) is 0. The summed E-state index contributed by atoms with van der Waals surface area (Å²) in [6.45, 7) is 8.38. The Morgan fingerprint density at radius 3 is 2.64 bits per heavy atom. The summed E-state index contributed by atoms with van der Waals surface area (Å²) < 4.78 is 0. The van der Waals surface area contributed by atoms with Crippen LogP contribution in [0.4, 0.5) is 0 Å². The summed E-state index contributed by atoms with van der Waals surface area (Å²) in [6.07, 6.45) is 8.91. The van der Waals surface area contributed by atoms with Gasteiger partial charge in [-0.2, -0.15) is 0 Å². The summed E-state index contributed by atoms with van der Waals surface area (Å²) in [5, 5.41) is 0. The second-order valence-electron chi connectivity index (χ2n) is 4.86. The van der Waals surface area contributed by atoms with Gasteiger partial charge >= 0.3 is 0 Å². The van der Waals surface area contributed by atoms with Crippen LogP contribution in [0.5, 0.6) is 0 Å². The first-order valence-corrected chi connectivity index (χ1v) is 5.32. The van der Waals surface area contributed by atoms with E-state index in [1.54, 1.807) is 6.08 Å². The molecule has 0 bridgehead atoms. The third kappa shape index (κ3) is 2.14. The minimum absolute atomic E-state index is 0.102. The lowest BCUT2D eigenvalue weighted by Crippen LogP contribution is -2.36. The molecular weight excluding hydrogens is 172 g/mol. The lowest BCUT2D eigenvalue weighted by atomic mass is 9.65. The van der Waals surface area contributed by atoms with Crippen molar-refractivity contribution < 1.29 is 4.79 Å². The molecule has 1 aliphatic carbocycles. The van der Waals surface area contributed by atoms with Gasteiger partial charge in [-0.3, -0.25) is 4.79 Å². The van der Waals surface area contributed by atoms with E-state index in [1.807, 2.05) is 13.0 Å². The molecule has 0 radical (unpaired) electrons. The third-order valence-electron chi connectivity index (χ3n) is 3.09. The number of allylic oxidation sites excluding steroid dienone is 4. The summed E-state index contributed by atoms with van der Waals surface area (Å²) in [4.78, 5) is 11.9. The Morgan fingerprint density at radius 2 is 2.14 bits per heavy atom. The normalized spacial score (nSPS) is 30.9. The highest BCUT2D eigenvalue weighted by Crippen LogP contribution is 2.41. The van der Waals surface area contributed by atoms with Crippen molar-refractivity contribution in [2.75, 3.05) is 0 Å². The Morgan fingerprint density at radius 1 is 1.50 bits per heavy atom. The average molecular weight is 192 g/mol. The summed E-state index contributed by atoms with van der Waals surface area (Å²) >= 11 is 0. The minimum atomic E-state index is 0.102. The molecule has 0 spiro atoms. The highest BCUT2D eigenvalue weighted by molar-refractivity contribution is 5.92. The molecule has 1 unspecified atom stereocenters. The highest BCUT2D eigenvalue weighted by Gasteiger charge is 2.38. The van der Waals surface area contributed by atoms with Crippen molar-refractivity contribution in [3.8, 4) is 0 Å². The maximum Gasteiger partial charge on any atom is 0.159 e. The van der Waals surface area contributed by atoms with Gasteiger partial charge in [-0.15, -0.1) is 0 Å².